The van der Waals surface area contributed by atoms with Crippen molar-refractivity contribution in [2.75, 3.05) is 14.2 Å². The minimum atomic E-state index is -0.405. The van der Waals surface area contributed by atoms with E-state index in [1.54, 1.807) is 12.1 Å². The van der Waals surface area contributed by atoms with E-state index in [0.717, 1.165) is 10.9 Å². The molecule has 162 valence electrons. The van der Waals surface area contributed by atoms with Crippen LogP contribution in [0.3, 0.4) is 0 Å². The van der Waals surface area contributed by atoms with Crippen molar-refractivity contribution in [1.82, 2.24) is 15.2 Å². The van der Waals surface area contributed by atoms with Crippen LogP contribution in [-0.4, -0.2) is 29.4 Å². The first-order valence-electron chi connectivity index (χ1n) is 9.57. The molecule has 4 rings (SSSR count). The van der Waals surface area contributed by atoms with Crippen molar-refractivity contribution in [3.05, 3.63) is 63.9 Å². The normalized spacial score (nSPS) is 11.8. The molecular weight excluding hydrogens is 451 g/mol. The third-order valence-corrected chi connectivity index (χ3v) is 5.62. The second-order valence-electron chi connectivity index (χ2n) is 6.93. The van der Waals surface area contributed by atoms with Crippen LogP contribution in [0.5, 0.6) is 17.2 Å². The third-order valence-electron chi connectivity index (χ3n) is 5.02. The summed E-state index contributed by atoms with van der Waals surface area (Å²) in [6.07, 6.45) is 2.66. The van der Waals surface area contributed by atoms with Gasteiger partial charge in [-0.1, -0.05) is 23.2 Å². The van der Waals surface area contributed by atoms with Crippen molar-refractivity contribution >= 4 is 34.1 Å². The second-order valence-corrected chi connectivity index (χ2v) is 7.74. The monoisotopic (exact) mass is 468 g/mol. The summed E-state index contributed by atoms with van der Waals surface area (Å²) in [6.45, 7) is 1.86. The molecule has 0 saturated carbocycles. The van der Waals surface area contributed by atoms with Crippen molar-refractivity contribution in [3.63, 3.8) is 0 Å². The molecule has 2 aromatic heterocycles. The van der Waals surface area contributed by atoms with Crippen LogP contribution >= 0.6 is 23.2 Å². The van der Waals surface area contributed by atoms with E-state index in [2.05, 4.69) is 21.3 Å². The molecule has 0 radical (unpaired) electrons. The summed E-state index contributed by atoms with van der Waals surface area (Å²) in [7, 11) is 3.02. The Balaban J connectivity index is 1.75. The Kier molecular flexibility index (Phi) is 6.08. The van der Waals surface area contributed by atoms with Gasteiger partial charge in [0.25, 0.3) is 0 Å². The summed E-state index contributed by atoms with van der Waals surface area (Å²) in [5.41, 5.74) is 3.18. The number of hydrogen-bond acceptors (Lipinski definition) is 6. The molecule has 0 spiro atoms. The zero-order valence-corrected chi connectivity index (χ0v) is 19.0. The summed E-state index contributed by atoms with van der Waals surface area (Å²) in [5.74, 6) is 1.43. The number of halogens is 2. The van der Waals surface area contributed by atoms with E-state index in [1.165, 1.54) is 26.6 Å². The van der Waals surface area contributed by atoms with Gasteiger partial charge < -0.3 is 14.2 Å². The smallest absolute Gasteiger partial charge is 0.178 e. The number of pyridine rings is 1. The van der Waals surface area contributed by atoms with E-state index >= 15 is 0 Å². The molecule has 0 amide bonds. The van der Waals surface area contributed by atoms with Crippen LogP contribution in [-0.2, 0) is 0 Å². The first-order chi connectivity index (χ1) is 15.5. The topological polar surface area (TPSA) is 93.0 Å². The average molecular weight is 469 g/mol. The number of fused-ring (bicyclic) bond motifs is 1. The Labute approximate surface area is 194 Å². The van der Waals surface area contributed by atoms with Gasteiger partial charge in [0.05, 0.1) is 35.3 Å². The largest absolute Gasteiger partial charge is 0.493 e. The molecule has 0 aliphatic rings. The van der Waals surface area contributed by atoms with Gasteiger partial charge in [0.15, 0.2) is 11.5 Å². The molecular formula is C23H18Cl2N4O3. The van der Waals surface area contributed by atoms with Gasteiger partial charge in [-0.3, -0.25) is 10.1 Å². The first-order valence-corrected chi connectivity index (χ1v) is 10.3. The molecule has 0 bridgehead atoms. The number of nitriles is 1. The maximum Gasteiger partial charge on any atom is 0.178 e. The Morgan fingerprint density at radius 2 is 1.81 bits per heavy atom. The fourth-order valence-electron chi connectivity index (χ4n) is 3.54. The highest BCUT2D eigenvalue weighted by atomic mass is 35.5. The van der Waals surface area contributed by atoms with Crippen molar-refractivity contribution in [2.24, 2.45) is 0 Å². The number of aromatic amines is 1. The molecule has 0 aliphatic carbocycles. The lowest BCUT2D eigenvalue weighted by Gasteiger charge is -2.17. The number of methoxy groups -OCH3 is 2. The molecule has 0 fully saturated rings. The predicted molar refractivity (Wildman–Crippen MR) is 123 cm³/mol. The summed E-state index contributed by atoms with van der Waals surface area (Å²) in [6, 6.07) is 11.2. The fourth-order valence-corrected chi connectivity index (χ4v) is 4.22. The number of aromatic nitrogens is 3. The summed E-state index contributed by atoms with van der Waals surface area (Å²) < 4.78 is 16.9. The Hall–Kier alpha value is -3.47. The molecule has 2 aromatic carbocycles. The maximum absolute atomic E-state index is 9.54. The van der Waals surface area contributed by atoms with E-state index in [1.807, 2.05) is 25.1 Å². The minimum Gasteiger partial charge on any atom is -0.493 e. The van der Waals surface area contributed by atoms with E-state index in [0.29, 0.717) is 49.7 Å². The van der Waals surface area contributed by atoms with Gasteiger partial charge in [-0.25, -0.2) is 0 Å². The first kappa shape index (κ1) is 21.8. The number of nitrogens with zero attached hydrogens (tertiary/aromatic N) is 3. The van der Waals surface area contributed by atoms with Crippen molar-refractivity contribution in [3.8, 4) is 34.6 Å². The predicted octanol–water partition coefficient (Wildman–Crippen LogP) is 5.96. The zero-order valence-electron chi connectivity index (χ0n) is 17.4. The average Bonchev–Trinajstić information content (AvgIpc) is 3.21. The molecule has 1 atom stereocenters. The van der Waals surface area contributed by atoms with Gasteiger partial charge in [-0.05, 0) is 37.3 Å². The van der Waals surface area contributed by atoms with Gasteiger partial charge in [-0.15, -0.1) is 0 Å². The van der Waals surface area contributed by atoms with E-state index in [4.69, 9.17) is 37.4 Å². The Morgan fingerprint density at radius 3 is 2.47 bits per heavy atom. The van der Waals surface area contributed by atoms with Crippen molar-refractivity contribution in [2.45, 2.75) is 13.0 Å². The zero-order chi connectivity index (χ0) is 22.8. The van der Waals surface area contributed by atoms with Crippen LogP contribution in [0.15, 0.2) is 42.7 Å². The molecule has 2 heterocycles. The van der Waals surface area contributed by atoms with Gasteiger partial charge >= 0.3 is 0 Å². The van der Waals surface area contributed by atoms with Gasteiger partial charge in [0.2, 0.25) is 0 Å². The standard InChI is InChI=1S/C23H18Cl2N4O3/c1-12(21-17(24)10-27-11-18(21)25)32-15-4-5-19-16(8-15)22(29-28-19)13-6-14(9-26)23(31-3)20(7-13)30-2/h4-8,10-12H,1-3H3,(H,28,29)/t12-/m1/s1. The van der Waals surface area contributed by atoms with Crippen LogP contribution in [0.1, 0.15) is 24.2 Å². The van der Waals surface area contributed by atoms with Crippen LogP contribution in [0.25, 0.3) is 22.2 Å². The second kappa shape index (κ2) is 8.95. The molecule has 0 unspecified atom stereocenters. The number of rotatable bonds is 6. The fraction of sp³-hybridized carbons (Fsp3) is 0.174. The number of hydrogen-bond donors (Lipinski definition) is 1. The van der Waals surface area contributed by atoms with Crippen LogP contribution in [0, 0.1) is 11.3 Å². The number of nitrogens with one attached hydrogen (secondary N) is 1. The van der Waals surface area contributed by atoms with E-state index in [9.17, 15) is 5.26 Å². The van der Waals surface area contributed by atoms with Crippen LogP contribution in [0.2, 0.25) is 10.0 Å². The SMILES string of the molecule is COc1cc(-c2n[nH]c3ccc(O[C@H](C)c4c(Cl)cncc4Cl)cc23)cc(C#N)c1OC. The lowest BCUT2D eigenvalue weighted by Crippen LogP contribution is -2.05. The van der Waals surface area contributed by atoms with Crippen molar-refractivity contribution < 1.29 is 14.2 Å². The highest BCUT2D eigenvalue weighted by molar-refractivity contribution is 6.35. The number of benzene rings is 2. The van der Waals surface area contributed by atoms with E-state index < -0.39 is 6.10 Å². The van der Waals surface area contributed by atoms with Gasteiger partial charge in [0, 0.05) is 28.9 Å². The minimum absolute atomic E-state index is 0.348. The lowest BCUT2D eigenvalue weighted by molar-refractivity contribution is 0.227. The Bertz CT molecular complexity index is 1330. The van der Waals surface area contributed by atoms with E-state index in [-0.39, 0.29) is 0 Å². The summed E-state index contributed by atoms with van der Waals surface area (Å²) in [5, 5.41) is 18.7. The highest BCUT2D eigenvalue weighted by Gasteiger charge is 2.19. The quantitative estimate of drug-likeness (QED) is 0.375. The van der Waals surface area contributed by atoms with Crippen LogP contribution < -0.4 is 14.2 Å². The highest BCUT2D eigenvalue weighted by Crippen LogP contribution is 2.39. The maximum atomic E-state index is 9.54. The molecule has 0 aliphatic heterocycles. The third kappa shape index (κ3) is 3.91. The molecule has 0 saturated heterocycles. The number of H-pyrrole nitrogens is 1. The van der Waals surface area contributed by atoms with Gasteiger partial charge in [-0.2, -0.15) is 10.4 Å². The van der Waals surface area contributed by atoms with Gasteiger partial charge in [0.1, 0.15) is 23.6 Å². The molecule has 4 aromatic rings. The molecule has 7 nitrogen and oxygen atoms in total. The Morgan fingerprint density at radius 1 is 1.06 bits per heavy atom. The van der Waals surface area contributed by atoms with Crippen LogP contribution in [0.4, 0.5) is 0 Å². The summed E-state index contributed by atoms with van der Waals surface area (Å²) >= 11 is 12.5. The molecule has 9 heteroatoms. The molecule has 32 heavy (non-hydrogen) atoms. The number of ether oxygens (including phenoxy) is 3. The van der Waals surface area contributed by atoms with Crippen molar-refractivity contribution in [1.29, 1.82) is 5.26 Å². The summed E-state index contributed by atoms with van der Waals surface area (Å²) in [4.78, 5) is 3.98. The lowest BCUT2D eigenvalue weighted by atomic mass is 10.0. The molecule has 1 N–H and O–H groups in total.